The predicted molar refractivity (Wildman–Crippen MR) is 110 cm³/mol. The monoisotopic (exact) mass is 401 g/mol. The van der Waals surface area contributed by atoms with Gasteiger partial charge in [-0.15, -0.1) is 0 Å². The van der Waals surface area contributed by atoms with E-state index in [0.29, 0.717) is 17.9 Å². The van der Waals surface area contributed by atoms with Crippen molar-refractivity contribution >= 4 is 29.2 Å². The van der Waals surface area contributed by atoms with Crippen molar-refractivity contribution in [3.8, 4) is 0 Å². The summed E-state index contributed by atoms with van der Waals surface area (Å²) >= 11 is 11.0. The van der Waals surface area contributed by atoms with Crippen LogP contribution in [0.5, 0.6) is 0 Å². The molecule has 0 radical (unpaired) electrons. The van der Waals surface area contributed by atoms with Crippen LogP contribution >= 0.6 is 23.2 Å². The average molecular weight is 402 g/mol. The molecular formula is C20H29Cl2NO3. The zero-order valence-corrected chi connectivity index (χ0v) is 17.4. The van der Waals surface area contributed by atoms with Crippen LogP contribution in [0.25, 0.3) is 0 Å². The molecule has 1 heterocycles. The minimum absolute atomic E-state index is 0.0860. The summed E-state index contributed by atoms with van der Waals surface area (Å²) in [4.78, 5) is 14.5. The van der Waals surface area contributed by atoms with Crippen LogP contribution in [-0.4, -0.2) is 29.8 Å². The summed E-state index contributed by atoms with van der Waals surface area (Å²) in [6.45, 7) is 5.93. The van der Waals surface area contributed by atoms with Crippen LogP contribution < -0.4 is 0 Å². The molecule has 0 bridgehead atoms. The normalized spacial score (nSPS) is 9.81. The molecule has 1 unspecified atom stereocenters. The van der Waals surface area contributed by atoms with E-state index < -0.39 is 0 Å². The molecule has 2 rings (SSSR count). The van der Waals surface area contributed by atoms with Crippen LogP contribution in [0.1, 0.15) is 33.6 Å². The maximum absolute atomic E-state index is 10.7. The number of nitrogens with zero attached hydrogens (tertiary/aromatic N) is 1. The van der Waals surface area contributed by atoms with Gasteiger partial charge in [0.25, 0.3) is 0 Å². The van der Waals surface area contributed by atoms with Gasteiger partial charge in [-0.2, -0.15) is 0 Å². The maximum Gasteiger partial charge on any atom is 0.308 e. The molecular weight excluding hydrogens is 373 g/mol. The molecule has 0 aliphatic heterocycles. The van der Waals surface area contributed by atoms with E-state index in [-0.39, 0.29) is 18.5 Å². The van der Waals surface area contributed by atoms with Crippen molar-refractivity contribution in [2.24, 2.45) is 5.92 Å². The first-order chi connectivity index (χ1) is 12.5. The highest BCUT2D eigenvalue weighted by Crippen LogP contribution is 2.06. The van der Waals surface area contributed by atoms with Gasteiger partial charge in [-0.1, -0.05) is 62.2 Å². The fourth-order valence-electron chi connectivity index (χ4n) is 1.47. The van der Waals surface area contributed by atoms with Crippen molar-refractivity contribution in [1.82, 2.24) is 4.98 Å². The summed E-state index contributed by atoms with van der Waals surface area (Å²) in [5.74, 6) is -0.286. The summed E-state index contributed by atoms with van der Waals surface area (Å²) < 4.78 is 4.49. The number of halogens is 2. The van der Waals surface area contributed by atoms with E-state index in [1.807, 2.05) is 44.2 Å². The summed E-state index contributed by atoms with van der Waals surface area (Å²) in [5.41, 5.74) is 0. The Hall–Kier alpha value is -1.62. The minimum Gasteiger partial charge on any atom is -0.469 e. The number of benzene rings is 1. The second-order valence-corrected chi connectivity index (χ2v) is 5.63. The third-order valence-electron chi connectivity index (χ3n) is 2.76. The number of hydrogen-bond donors (Lipinski definition) is 1. The van der Waals surface area contributed by atoms with Gasteiger partial charge in [-0.3, -0.25) is 9.78 Å². The van der Waals surface area contributed by atoms with Crippen molar-refractivity contribution in [1.29, 1.82) is 0 Å². The van der Waals surface area contributed by atoms with Crippen LogP contribution in [0.4, 0.5) is 0 Å². The SMILES string of the molecule is CC.COC(=O)C(C)CCCO.Clc1ccccc1.Clc1cccnc1. The number of hydrogen-bond acceptors (Lipinski definition) is 4. The molecule has 1 atom stereocenters. The Morgan fingerprint density at radius 2 is 1.69 bits per heavy atom. The highest BCUT2D eigenvalue weighted by molar-refractivity contribution is 6.30. The number of methoxy groups -OCH3 is 1. The van der Waals surface area contributed by atoms with E-state index in [1.165, 1.54) is 7.11 Å². The summed E-state index contributed by atoms with van der Waals surface area (Å²) in [6, 6.07) is 13.0. The maximum atomic E-state index is 10.7. The Morgan fingerprint density at radius 1 is 1.12 bits per heavy atom. The van der Waals surface area contributed by atoms with Gasteiger partial charge in [-0.25, -0.2) is 0 Å². The summed E-state index contributed by atoms with van der Waals surface area (Å²) in [6.07, 6.45) is 4.65. The summed E-state index contributed by atoms with van der Waals surface area (Å²) in [7, 11) is 1.37. The molecule has 1 aromatic heterocycles. The van der Waals surface area contributed by atoms with Gasteiger partial charge in [0.1, 0.15) is 0 Å². The van der Waals surface area contributed by atoms with Crippen LogP contribution in [0.2, 0.25) is 10.0 Å². The number of carbonyl (C=O) groups is 1. The van der Waals surface area contributed by atoms with Gasteiger partial charge in [0, 0.05) is 24.0 Å². The molecule has 4 nitrogen and oxygen atoms in total. The largest absolute Gasteiger partial charge is 0.469 e. The predicted octanol–water partition coefficient (Wildman–Crippen LogP) is 5.67. The van der Waals surface area contributed by atoms with E-state index in [0.717, 1.165) is 5.02 Å². The number of ether oxygens (including phenoxy) is 1. The second kappa shape index (κ2) is 19.7. The van der Waals surface area contributed by atoms with E-state index in [1.54, 1.807) is 31.5 Å². The number of aliphatic hydroxyl groups is 1. The smallest absolute Gasteiger partial charge is 0.308 e. The van der Waals surface area contributed by atoms with Crippen LogP contribution in [-0.2, 0) is 9.53 Å². The first-order valence-corrected chi connectivity index (χ1v) is 9.21. The zero-order chi connectivity index (χ0) is 20.2. The molecule has 1 aromatic carbocycles. The van der Waals surface area contributed by atoms with Crippen LogP contribution in [0, 0.1) is 5.92 Å². The third-order valence-corrected chi connectivity index (χ3v) is 3.23. The lowest BCUT2D eigenvalue weighted by Gasteiger charge is -2.06. The van der Waals surface area contributed by atoms with Gasteiger partial charge in [-0.05, 0) is 37.1 Å². The van der Waals surface area contributed by atoms with Crippen LogP contribution in [0.15, 0.2) is 54.9 Å². The number of aromatic nitrogens is 1. The molecule has 2 aromatic rings. The number of carbonyl (C=O) groups excluding carboxylic acids is 1. The lowest BCUT2D eigenvalue weighted by atomic mass is 10.1. The number of pyridine rings is 1. The molecule has 0 aliphatic rings. The highest BCUT2D eigenvalue weighted by Gasteiger charge is 2.11. The minimum atomic E-state index is -0.201. The fourth-order valence-corrected chi connectivity index (χ4v) is 1.75. The molecule has 0 fully saturated rings. The Labute approximate surface area is 167 Å². The van der Waals surface area contributed by atoms with Crippen molar-refractivity contribution in [3.05, 3.63) is 64.9 Å². The molecule has 0 aliphatic carbocycles. The highest BCUT2D eigenvalue weighted by atomic mass is 35.5. The lowest BCUT2D eigenvalue weighted by Crippen LogP contribution is -2.12. The average Bonchev–Trinajstić information content (AvgIpc) is 2.69. The molecule has 1 N–H and O–H groups in total. The van der Waals surface area contributed by atoms with Crippen molar-refractivity contribution in [2.75, 3.05) is 13.7 Å². The Kier molecular flexibility index (Phi) is 20.2. The third kappa shape index (κ3) is 17.2. The van der Waals surface area contributed by atoms with Gasteiger partial charge >= 0.3 is 5.97 Å². The molecule has 0 saturated carbocycles. The standard InChI is InChI=1S/C7H14O3.C6H5Cl.C5H4ClN.C2H6/c1-6(4-3-5-8)7(9)10-2;7-6-4-2-1-3-5-6;6-5-2-1-3-7-4-5;1-2/h6,8H,3-5H2,1-2H3;1-5H;1-4H;1-2H3. The Morgan fingerprint density at radius 3 is 2.00 bits per heavy atom. The van der Waals surface area contributed by atoms with Gasteiger partial charge in [0.2, 0.25) is 0 Å². The molecule has 0 saturated heterocycles. The van der Waals surface area contributed by atoms with Crippen LogP contribution in [0.3, 0.4) is 0 Å². The Balaban J connectivity index is 0. The van der Waals surface area contributed by atoms with E-state index in [4.69, 9.17) is 28.3 Å². The van der Waals surface area contributed by atoms with Crippen molar-refractivity contribution in [3.63, 3.8) is 0 Å². The first kappa shape index (κ1) is 26.6. The molecule has 146 valence electrons. The molecule has 26 heavy (non-hydrogen) atoms. The lowest BCUT2D eigenvalue weighted by molar-refractivity contribution is -0.145. The first-order valence-electron chi connectivity index (χ1n) is 8.46. The number of aliphatic hydroxyl groups excluding tert-OH is 1. The van der Waals surface area contributed by atoms with Crippen molar-refractivity contribution in [2.45, 2.75) is 33.6 Å². The van der Waals surface area contributed by atoms with Gasteiger partial charge in [0.15, 0.2) is 0 Å². The topological polar surface area (TPSA) is 59.4 Å². The van der Waals surface area contributed by atoms with Gasteiger partial charge in [0.05, 0.1) is 18.1 Å². The summed E-state index contributed by atoms with van der Waals surface area (Å²) in [5, 5.41) is 9.89. The zero-order valence-electron chi connectivity index (χ0n) is 15.9. The Bertz CT molecular complexity index is 502. The van der Waals surface area contributed by atoms with E-state index >= 15 is 0 Å². The second-order valence-electron chi connectivity index (χ2n) is 4.76. The fraction of sp³-hybridized carbons (Fsp3) is 0.400. The molecule has 0 amide bonds. The van der Waals surface area contributed by atoms with E-state index in [2.05, 4.69) is 9.72 Å². The van der Waals surface area contributed by atoms with Gasteiger partial charge < -0.3 is 9.84 Å². The van der Waals surface area contributed by atoms with Crippen molar-refractivity contribution < 1.29 is 14.6 Å². The molecule has 6 heteroatoms. The quantitative estimate of drug-likeness (QED) is 0.670. The molecule has 0 spiro atoms. The number of esters is 1. The number of rotatable bonds is 4. The van der Waals surface area contributed by atoms with E-state index in [9.17, 15) is 4.79 Å².